The highest BCUT2D eigenvalue weighted by atomic mass is 19.4. The van der Waals surface area contributed by atoms with Crippen molar-refractivity contribution in [1.82, 2.24) is 0 Å². The highest BCUT2D eigenvalue weighted by Gasteiger charge is 2.33. The van der Waals surface area contributed by atoms with Crippen LogP contribution in [0.1, 0.15) is 18.1 Å². The molecule has 0 unspecified atom stereocenters. The first-order chi connectivity index (χ1) is 12.2. The summed E-state index contributed by atoms with van der Waals surface area (Å²) in [6, 6.07) is 8.65. The first-order valence-corrected chi connectivity index (χ1v) is 7.19. The molecule has 0 saturated carbocycles. The molecular weight excluding hydrogens is 353 g/mol. The number of carbonyl (C=O) groups excluding carboxylic acids is 1. The Bertz CT molecular complexity index is 849. The summed E-state index contributed by atoms with van der Waals surface area (Å²) < 4.78 is 37.9. The molecule has 26 heavy (non-hydrogen) atoms. The molecule has 0 heterocycles. The number of alkyl halides is 3. The fourth-order valence-corrected chi connectivity index (χ4v) is 1.99. The molecule has 1 amide bonds. The van der Waals surface area contributed by atoms with Gasteiger partial charge in [-0.05, 0) is 29.8 Å². The number of hydrogen-bond donors (Lipinski definition) is 2. The Hall–Kier alpha value is -3.43. The molecule has 0 aromatic heterocycles. The number of rotatable bonds is 5. The van der Waals surface area contributed by atoms with Gasteiger partial charge in [-0.2, -0.15) is 18.3 Å². The molecule has 7 nitrogen and oxygen atoms in total. The Labute approximate surface area is 145 Å². The van der Waals surface area contributed by atoms with E-state index in [9.17, 15) is 28.1 Å². The fourth-order valence-electron chi connectivity index (χ4n) is 1.99. The van der Waals surface area contributed by atoms with Crippen molar-refractivity contribution in [3.63, 3.8) is 0 Å². The van der Waals surface area contributed by atoms with Crippen LogP contribution in [0.2, 0.25) is 0 Å². The Morgan fingerprint density at radius 1 is 1.19 bits per heavy atom. The molecule has 2 aromatic carbocycles. The van der Waals surface area contributed by atoms with Crippen molar-refractivity contribution >= 4 is 29.2 Å². The lowest BCUT2D eigenvalue weighted by Crippen LogP contribution is -2.06. The van der Waals surface area contributed by atoms with Gasteiger partial charge in [0.1, 0.15) is 5.69 Å². The predicted octanol–water partition coefficient (Wildman–Crippen LogP) is 4.02. The Balaban J connectivity index is 2.14. The topological polar surface area (TPSA) is 96.6 Å². The van der Waals surface area contributed by atoms with Crippen molar-refractivity contribution in [3.05, 3.63) is 63.7 Å². The zero-order valence-electron chi connectivity index (χ0n) is 13.4. The number of nitro benzene ring substituents is 1. The Morgan fingerprint density at radius 2 is 1.85 bits per heavy atom. The molecule has 2 aromatic rings. The van der Waals surface area contributed by atoms with Crippen LogP contribution in [0.3, 0.4) is 0 Å². The Kier molecular flexibility index (Phi) is 5.55. The minimum absolute atomic E-state index is 0.172. The van der Waals surface area contributed by atoms with E-state index in [1.54, 1.807) is 24.3 Å². The van der Waals surface area contributed by atoms with E-state index in [0.29, 0.717) is 17.3 Å². The summed E-state index contributed by atoms with van der Waals surface area (Å²) in [4.78, 5) is 21.0. The van der Waals surface area contributed by atoms with Crippen molar-refractivity contribution < 1.29 is 22.9 Å². The summed E-state index contributed by atoms with van der Waals surface area (Å²) >= 11 is 0. The van der Waals surface area contributed by atoms with Gasteiger partial charge in [-0.1, -0.05) is 12.1 Å². The van der Waals surface area contributed by atoms with Gasteiger partial charge in [0.05, 0.1) is 16.7 Å². The number of nitro groups is 1. The fraction of sp³-hybridized carbons (Fsp3) is 0.125. The van der Waals surface area contributed by atoms with Gasteiger partial charge < -0.3 is 5.32 Å². The first kappa shape index (κ1) is 18.9. The molecule has 0 saturated heterocycles. The summed E-state index contributed by atoms with van der Waals surface area (Å²) in [5.41, 5.74) is 1.53. The van der Waals surface area contributed by atoms with E-state index in [2.05, 4.69) is 15.8 Å². The third kappa shape index (κ3) is 5.03. The molecule has 0 aliphatic heterocycles. The maximum Gasteiger partial charge on any atom is 0.416 e. The highest BCUT2D eigenvalue weighted by molar-refractivity contribution is 5.89. The number of anilines is 2. The zero-order chi connectivity index (χ0) is 19.3. The van der Waals surface area contributed by atoms with Crippen LogP contribution in [-0.4, -0.2) is 17.0 Å². The quantitative estimate of drug-likeness (QED) is 0.474. The van der Waals surface area contributed by atoms with Gasteiger partial charge in [0.15, 0.2) is 0 Å². The minimum Gasteiger partial charge on any atom is -0.326 e. The molecule has 2 N–H and O–H groups in total. The van der Waals surface area contributed by atoms with Crippen molar-refractivity contribution in [3.8, 4) is 0 Å². The van der Waals surface area contributed by atoms with Crippen LogP contribution in [0.25, 0.3) is 0 Å². The van der Waals surface area contributed by atoms with Gasteiger partial charge in [0.25, 0.3) is 5.69 Å². The van der Waals surface area contributed by atoms with Gasteiger partial charge in [0, 0.05) is 18.7 Å². The monoisotopic (exact) mass is 366 g/mol. The van der Waals surface area contributed by atoms with E-state index in [0.717, 1.165) is 12.1 Å². The van der Waals surface area contributed by atoms with Crippen molar-refractivity contribution in [1.29, 1.82) is 0 Å². The second kappa shape index (κ2) is 7.64. The summed E-state index contributed by atoms with van der Waals surface area (Å²) in [5.74, 6) is -0.220. The van der Waals surface area contributed by atoms with Gasteiger partial charge in [-0.3, -0.25) is 20.3 Å². The second-order valence-electron chi connectivity index (χ2n) is 5.16. The number of amides is 1. The summed E-state index contributed by atoms with van der Waals surface area (Å²) in [5, 5.41) is 17.3. The molecule has 0 atom stereocenters. The van der Waals surface area contributed by atoms with E-state index in [1.165, 1.54) is 13.1 Å². The smallest absolute Gasteiger partial charge is 0.326 e. The van der Waals surface area contributed by atoms with Crippen molar-refractivity contribution in [2.45, 2.75) is 13.1 Å². The van der Waals surface area contributed by atoms with Crippen LogP contribution in [0.15, 0.2) is 47.6 Å². The Morgan fingerprint density at radius 3 is 2.38 bits per heavy atom. The number of halogens is 3. The molecule has 0 aliphatic rings. The predicted molar refractivity (Wildman–Crippen MR) is 90.1 cm³/mol. The number of nitrogens with one attached hydrogen (secondary N) is 2. The third-order valence-electron chi connectivity index (χ3n) is 3.15. The van der Waals surface area contributed by atoms with Crippen LogP contribution >= 0.6 is 0 Å². The molecule has 0 spiro atoms. The van der Waals surface area contributed by atoms with Crippen LogP contribution in [0, 0.1) is 10.1 Å². The van der Waals surface area contributed by atoms with Crippen LogP contribution < -0.4 is 10.7 Å². The molecular formula is C16H13F3N4O3. The SMILES string of the molecule is CC(=O)Nc1ccc(/C=N\Nc2ccc(C(F)(F)F)cc2[N+](=O)[O-])cc1. The number of benzene rings is 2. The van der Waals surface area contributed by atoms with E-state index in [4.69, 9.17) is 0 Å². The highest BCUT2D eigenvalue weighted by Crippen LogP contribution is 2.34. The van der Waals surface area contributed by atoms with Gasteiger partial charge in [0.2, 0.25) is 5.91 Å². The first-order valence-electron chi connectivity index (χ1n) is 7.19. The molecule has 136 valence electrons. The maximum absolute atomic E-state index is 12.6. The van der Waals surface area contributed by atoms with Crippen molar-refractivity contribution in [2.75, 3.05) is 10.7 Å². The number of carbonyl (C=O) groups is 1. The standard InChI is InChI=1S/C16H13F3N4O3/c1-10(24)21-13-5-2-11(3-6-13)9-20-22-14-7-4-12(16(17,18)19)8-15(14)23(25)26/h2-9,22H,1H3,(H,21,24)/b20-9-. The average Bonchev–Trinajstić information content (AvgIpc) is 2.55. The lowest BCUT2D eigenvalue weighted by atomic mass is 10.1. The van der Waals surface area contributed by atoms with Gasteiger partial charge >= 0.3 is 6.18 Å². The second-order valence-corrected chi connectivity index (χ2v) is 5.16. The molecule has 0 bridgehead atoms. The van der Waals surface area contributed by atoms with Crippen LogP contribution in [-0.2, 0) is 11.0 Å². The van der Waals surface area contributed by atoms with Crippen molar-refractivity contribution in [2.24, 2.45) is 5.10 Å². The molecule has 0 fully saturated rings. The normalized spacial score (nSPS) is 11.4. The van der Waals surface area contributed by atoms with E-state index < -0.39 is 22.4 Å². The van der Waals surface area contributed by atoms with E-state index >= 15 is 0 Å². The number of hydrogen-bond acceptors (Lipinski definition) is 5. The van der Waals surface area contributed by atoms with E-state index in [-0.39, 0.29) is 11.6 Å². The zero-order valence-corrected chi connectivity index (χ0v) is 13.4. The summed E-state index contributed by atoms with van der Waals surface area (Å²) in [6.45, 7) is 1.37. The van der Waals surface area contributed by atoms with Gasteiger partial charge in [-0.25, -0.2) is 0 Å². The lowest BCUT2D eigenvalue weighted by Gasteiger charge is -2.08. The lowest BCUT2D eigenvalue weighted by molar-refractivity contribution is -0.384. The van der Waals surface area contributed by atoms with Gasteiger partial charge in [-0.15, -0.1) is 0 Å². The minimum atomic E-state index is -4.68. The van der Waals surface area contributed by atoms with Crippen LogP contribution in [0.4, 0.5) is 30.2 Å². The molecule has 0 aliphatic carbocycles. The van der Waals surface area contributed by atoms with E-state index in [1.807, 2.05) is 0 Å². The summed E-state index contributed by atoms with van der Waals surface area (Å²) in [6.07, 6.45) is -3.35. The largest absolute Gasteiger partial charge is 0.416 e. The number of hydrazone groups is 1. The molecule has 2 rings (SSSR count). The maximum atomic E-state index is 12.6. The van der Waals surface area contributed by atoms with Crippen LogP contribution in [0.5, 0.6) is 0 Å². The average molecular weight is 366 g/mol. The molecule has 10 heteroatoms. The third-order valence-corrected chi connectivity index (χ3v) is 3.15. The molecule has 0 radical (unpaired) electrons. The summed E-state index contributed by atoms with van der Waals surface area (Å²) in [7, 11) is 0. The number of nitrogens with zero attached hydrogens (tertiary/aromatic N) is 2.